The minimum atomic E-state index is -0.718. The van der Waals surface area contributed by atoms with Crippen molar-refractivity contribution in [1.82, 2.24) is 0 Å². The van der Waals surface area contributed by atoms with Gasteiger partial charge in [0.05, 0.1) is 11.4 Å². The van der Waals surface area contributed by atoms with E-state index in [4.69, 9.17) is 16.2 Å². The maximum atomic E-state index is 13.8. The first-order valence-electron chi connectivity index (χ1n) is 5.22. The van der Waals surface area contributed by atoms with Gasteiger partial charge in [0.1, 0.15) is 5.82 Å². The zero-order valence-corrected chi connectivity index (χ0v) is 8.80. The Morgan fingerprint density at radius 2 is 1.81 bits per heavy atom. The van der Waals surface area contributed by atoms with E-state index in [1.807, 2.05) is 0 Å². The molecule has 0 aliphatic carbocycles. The molecule has 1 saturated heterocycles. The van der Waals surface area contributed by atoms with E-state index in [1.54, 1.807) is 0 Å². The van der Waals surface area contributed by atoms with E-state index in [-0.39, 0.29) is 22.9 Å². The lowest BCUT2D eigenvalue weighted by molar-refractivity contribution is 0.0838. The van der Waals surface area contributed by atoms with E-state index in [0.29, 0.717) is 26.1 Å². The zero-order valence-electron chi connectivity index (χ0n) is 8.80. The van der Waals surface area contributed by atoms with Crippen molar-refractivity contribution in [1.29, 1.82) is 0 Å². The van der Waals surface area contributed by atoms with Gasteiger partial charge in [-0.25, -0.2) is 8.78 Å². The van der Waals surface area contributed by atoms with Gasteiger partial charge in [-0.05, 0) is 24.8 Å². The monoisotopic (exact) mass is 228 g/mol. The molecule has 0 unspecified atom stereocenters. The Labute approximate surface area is 92.4 Å². The Hall–Kier alpha value is -1.36. The van der Waals surface area contributed by atoms with Crippen LogP contribution in [-0.2, 0) is 4.74 Å². The Morgan fingerprint density at radius 1 is 1.19 bits per heavy atom. The van der Waals surface area contributed by atoms with Crippen molar-refractivity contribution in [3.63, 3.8) is 0 Å². The number of benzene rings is 1. The van der Waals surface area contributed by atoms with Crippen LogP contribution in [0.2, 0.25) is 0 Å². The molecule has 0 saturated carbocycles. The second kappa shape index (κ2) is 4.25. The third-order valence-corrected chi connectivity index (χ3v) is 2.95. The molecule has 16 heavy (non-hydrogen) atoms. The molecule has 88 valence electrons. The molecule has 1 aromatic rings. The van der Waals surface area contributed by atoms with Gasteiger partial charge in [-0.1, -0.05) is 0 Å². The fraction of sp³-hybridized carbons (Fsp3) is 0.455. The Kier molecular flexibility index (Phi) is 2.96. The van der Waals surface area contributed by atoms with Gasteiger partial charge in [-0.15, -0.1) is 0 Å². The summed E-state index contributed by atoms with van der Waals surface area (Å²) in [5, 5.41) is 0. The Morgan fingerprint density at radius 3 is 2.44 bits per heavy atom. The van der Waals surface area contributed by atoms with E-state index in [2.05, 4.69) is 0 Å². The SMILES string of the molecule is Nc1cc(F)c(C2CCOCC2)c(F)c1N. The number of nitrogens with two attached hydrogens (primary N) is 2. The molecule has 1 fully saturated rings. The number of hydrogen-bond donors (Lipinski definition) is 2. The smallest absolute Gasteiger partial charge is 0.154 e. The maximum Gasteiger partial charge on any atom is 0.154 e. The summed E-state index contributed by atoms with van der Waals surface area (Å²) in [7, 11) is 0. The van der Waals surface area contributed by atoms with Crippen LogP contribution in [0.1, 0.15) is 24.3 Å². The van der Waals surface area contributed by atoms with Gasteiger partial charge in [0.25, 0.3) is 0 Å². The standard InChI is InChI=1S/C11H14F2N2O/c12-7-5-8(14)11(15)10(13)9(7)6-1-3-16-4-2-6/h5-6H,1-4,14-15H2. The Balaban J connectivity index is 2.42. The first kappa shape index (κ1) is 11.1. The number of rotatable bonds is 1. The summed E-state index contributed by atoms with van der Waals surface area (Å²) >= 11 is 0. The number of nitrogen functional groups attached to an aromatic ring is 2. The summed E-state index contributed by atoms with van der Waals surface area (Å²) in [5.41, 5.74) is 10.7. The second-order valence-corrected chi connectivity index (χ2v) is 3.98. The molecule has 0 spiro atoms. The fourth-order valence-corrected chi connectivity index (χ4v) is 2.03. The van der Waals surface area contributed by atoms with Crippen LogP contribution in [0.3, 0.4) is 0 Å². The molecule has 0 atom stereocenters. The van der Waals surface area contributed by atoms with Gasteiger partial charge in [0.2, 0.25) is 0 Å². The van der Waals surface area contributed by atoms with E-state index >= 15 is 0 Å². The van der Waals surface area contributed by atoms with Gasteiger partial charge in [-0.3, -0.25) is 0 Å². The number of halogens is 2. The summed E-state index contributed by atoms with van der Waals surface area (Å²) in [5.74, 6) is -1.50. The summed E-state index contributed by atoms with van der Waals surface area (Å²) in [4.78, 5) is 0. The van der Waals surface area contributed by atoms with Crippen LogP contribution in [0, 0.1) is 11.6 Å². The molecular formula is C11H14F2N2O. The molecule has 3 nitrogen and oxygen atoms in total. The van der Waals surface area contributed by atoms with Crippen LogP contribution in [0.25, 0.3) is 0 Å². The van der Waals surface area contributed by atoms with Gasteiger partial charge in [-0.2, -0.15) is 0 Å². The molecule has 1 aliphatic rings. The topological polar surface area (TPSA) is 61.3 Å². The molecule has 1 aliphatic heterocycles. The van der Waals surface area contributed by atoms with E-state index in [1.165, 1.54) is 0 Å². The van der Waals surface area contributed by atoms with Crippen molar-refractivity contribution in [2.24, 2.45) is 0 Å². The zero-order chi connectivity index (χ0) is 11.7. The number of ether oxygens (including phenoxy) is 1. The summed E-state index contributed by atoms with van der Waals surface area (Å²) in [6.45, 7) is 1.04. The average Bonchev–Trinajstić information content (AvgIpc) is 2.28. The van der Waals surface area contributed by atoms with Crippen molar-refractivity contribution < 1.29 is 13.5 Å². The van der Waals surface area contributed by atoms with E-state index < -0.39 is 11.6 Å². The van der Waals surface area contributed by atoms with Crippen LogP contribution < -0.4 is 11.5 Å². The quantitative estimate of drug-likeness (QED) is 0.723. The third-order valence-electron chi connectivity index (χ3n) is 2.95. The molecule has 0 radical (unpaired) electrons. The molecule has 4 N–H and O–H groups in total. The summed E-state index contributed by atoms with van der Waals surface area (Å²) < 4.78 is 32.6. The molecule has 2 rings (SSSR count). The minimum absolute atomic E-state index is 0.0502. The van der Waals surface area contributed by atoms with Crippen LogP contribution >= 0.6 is 0 Å². The molecule has 1 aromatic carbocycles. The van der Waals surface area contributed by atoms with Crippen LogP contribution in [0.5, 0.6) is 0 Å². The first-order chi connectivity index (χ1) is 7.61. The highest BCUT2D eigenvalue weighted by Gasteiger charge is 2.25. The maximum absolute atomic E-state index is 13.8. The molecular weight excluding hydrogens is 214 g/mol. The Bertz CT molecular complexity index is 403. The second-order valence-electron chi connectivity index (χ2n) is 3.98. The largest absolute Gasteiger partial charge is 0.397 e. The summed E-state index contributed by atoms with van der Waals surface area (Å²) in [6, 6.07) is 1.09. The van der Waals surface area contributed by atoms with Crippen molar-refractivity contribution in [2.75, 3.05) is 24.7 Å². The van der Waals surface area contributed by atoms with Gasteiger partial charge < -0.3 is 16.2 Å². The lowest BCUT2D eigenvalue weighted by Crippen LogP contribution is -2.17. The van der Waals surface area contributed by atoms with Crippen LogP contribution in [0.4, 0.5) is 20.2 Å². The van der Waals surface area contributed by atoms with E-state index in [0.717, 1.165) is 6.07 Å². The van der Waals surface area contributed by atoms with Gasteiger partial charge in [0.15, 0.2) is 5.82 Å². The highest BCUT2D eigenvalue weighted by molar-refractivity contribution is 5.65. The highest BCUT2D eigenvalue weighted by Crippen LogP contribution is 2.35. The minimum Gasteiger partial charge on any atom is -0.397 e. The average molecular weight is 228 g/mol. The predicted octanol–water partition coefficient (Wildman–Crippen LogP) is 2.02. The lowest BCUT2D eigenvalue weighted by atomic mass is 9.90. The van der Waals surface area contributed by atoms with Crippen LogP contribution in [0.15, 0.2) is 6.07 Å². The van der Waals surface area contributed by atoms with Crippen molar-refractivity contribution in [3.8, 4) is 0 Å². The molecule has 0 amide bonds. The first-order valence-corrected chi connectivity index (χ1v) is 5.22. The van der Waals surface area contributed by atoms with Gasteiger partial charge in [0, 0.05) is 18.8 Å². The number of hydrogen-bond acceptors (Lipinski definition) is 3. The van der Waals surface area contributed by atoms with E-state index in [9.17, 15) is 8.78 Å². The normalized spacial score (nSPS) is 17.6. The third kappa shape index (κ3) is 1.82. The molecule has 0 bridgehead atoms. The van der Waals surface area contributed by atoms with Crippen LogP contribution in [-0.4, -0.2) is 13.2 Å². The molecule has 0 aromatic heterocycles. The predicted molar refractivity (Wildman–Crippen MR) is 58.0 cm³/mol. The summed E-state index contributed by atoms with van der Waals surface area (Å²) in [6.07, 6.45) is 1.22. The van der Waals surface area contributed by atoms with Crippen molar-refractivity contribution >= 4 is 11.4 Å². The van der Waals surface area contributed by atoms with Gasteiger partial charge >= 0.3 is 0 Å². The van der Waals surface area contributed by atoms with Crippen molar-refractivity contribution in [3.05, 3.63) is 23.3 Å². The highest BCUT2D eigenvalue weighted by atomic mass is 19.1. The van der Waals surface area contributed by atoms with Crippen molar-refractivity contribution in [2.45, 2.75) is 18.8 Å². The molecule has 1 heterocycles. The fourth-order valence-electron chi connectivity index (χ4n) is 2.03. The lowest BCUT2D eigenvalue weighted by Gasteiger charge is -2.24. The number of anilines is 2. The molecule has 5 heteroatoms.